The van der Waals surface area contributed by atoms with Gasteiger partial charge < -0.3 is 16.4 Å². The van der Waals surface area contributed by atoms with E-state index in [-0.39, 0.29) is 18.5 Å². The number of carbonyl (C=O) groups excluding carboxylic acids is 1. The molecular weight excluding hydrogens is 258 g/mol. The second-order valence-electron chi connectivity index (χ2n) is 4.58. The van der Waals surface area contributed by atoms with Crippen LogP contribution in [0.1, 0.15) is 26.3 Å². The molecule has 1 aromatic carbocycles. The van der Waals surface area contributed by atoms with E-state index in [1.54, 1.807) is 11.8 Å². The number of rotatable bonds is 7. The van der Waals surface area contributed by atoms with Crippen molar-refractivity contribution >= 4 is 23.4 Å². The van der Waals surface area contributed by atoms with E-state index in [1.165, 1.54) is 4.90 Å². The third kappa shape index (κ3) is 4.14. The van der Waals surface area contributed by atoms with Gasteiger partial charge in [0.25, 0.3) is 0 Å². The minimum absolute atomic E-state index is 0.194. The number of primary amides is 1. The first-order valence-corrected chi connectivity index (χ1v) is 7.49. The average Bonchev–Trinajstić information content (AvgIpc) is 2.35. The number of carbonyl (C=O) groups is 1. The molecule has 0 saturated carbocycles. The van der Waals surface area contributed by atoms with Crippen LogP contribution in [0.2, 0.25) is 0 Å². The molecule has 4 nitrogen and oxygen atoms in total. The van der Waals surface area contributed by atoms with Gasteiger partial charge in [-0.15, -0.1) is 11.8 Å². The van der Waals surface area contributed by atoms with Crippen LogP contribution in [0.4, 0.5) is 5.69 Å². The highest BCUT2D eigenvalue weighted by Gasteiger charge is 2.17. The number of benzene rings is 1. The van der Waals surface area contributed by atoms with Crippen molar-refractivity contribution in [3.63, 3.8) is 0 Å². The number of nitrogens with two attached hydrogens (primary N) is 2. The fraction of sp³-hybridized carbons (Fsp3) is 0.500. The van der Waals surface area contributed by atoms with Gasteiger partial charge in [-0.25, -0.2) is 0 Å². The van der Waals surface area contributed by atoms with Crippen LogP contribution in [0.25, 0.3) is 0 Å². The third-order valence-corrected chi connectivity index (χ3v) is 3.85. The highest BCUT2D eigenvalue weighted by Crippen LogP contribution is 2.31. The van der Waals surface area contributed by atoms with Gasteiger partial charge in [0.2, 0.25) is 5.91 Å². The van der Waals surface area contributed by atoms with Crippen molar-refractivity contribution in [1.82, 2.24) is 0 Å². The van der Waals surface area contributed by atoms with Crippen LogP contribution < -0.4 is 16.4 Å². The summed E-state index contributed by atoms with van der Waals surface area (Å²) in [4.78, 5) is 14.4. The van der Waals surface area contributed by atoms with Crippen molar-refractivity contribution in [3.05, 3.63) is 23.8 Å². The molecular formula is C14H23N3OS. The SMILES string of the molecule is CCSc1cccc(N(CC(N)=O)C(C)C)c1CN. The van der Waals surface area contributed by atoms with Gasteiger partial charge in [-0.2, -0.15) is 0 Å². The number of hydrogen-bond donors (Lipinski definition) is 2. The van der Waals surface area contributed by atoms with E-state index in [0.717, 1.165) is 17.0 Å². The first kappa shape index (κ1) is 15.9. The molecule has 0 aliphatic carbocycles. The molecule has 1 rings (SSSR count). The van der Waals surface area contributed by atoms with Gasteiger partial charge in [0.05, 0.1) is 6.54 Å². The molecule has 5 heteroatoms. The van der Waals surface area contributed by atoms with E-state index in [1.807, 2.05) is 30.9 Å². The summed E-state index contributed by atoms with van der Waals surface area (Å²) in [5.41, 5.74) is 13.3. The van der Waals surface area contributed by atoms with Crippen molar-refractivity contribution in [2.75, 3.05) is 17.2 Å². The minimum Gasteiger partial charge on any atom is -0.368 e. The summed E-state index contributed by atoms with van der Waals surface area (Å²) in [5, 5.41) is 0. The fourth-order valence-corrected chi connectivity index (χ4v) is 2.88. The van der Waals surface area contributed by atoms with Gasteiger partial charge in [0.15, 0.2) is 0 Å². The Bertz CT molecular complexity index is 435. The first-order chi connectivity index (χ1) is 9.01. The molecule has 106 valence electrons. The largest absolute Gasteiger partial charge is 0.368 e. The van der Waals surface area contributed by atoms with Gasteiger partial charge in [-0.1, -0.05) is 13.0 Å². The molecule has 0 radical (unpaired) electrons. The maximum Gasteiger partial charge on any atom is 0.236 e. The fourth-order valence-electron chi connectivity index (χ4n) is 2.03. The molecule has 0 fully saturated rings. The predicted molar refractivity (Wildman–Crippen MR) is 82.4 cm³/mol. The predicted octanol–water partition coefficient (Wildman–Crippen LogP) is 1.96. The number of hydrogen-bond acceptors (Lipinski definition) is 4. The van der Waals surface area contributed by atoms with Crippen LogP contribution in [0.3, 0.4) is 0 Å². The zero-order valence-electron chi connectivity index (χ0n) is 11.8. The molecule has 1 aromatic rings. The van der Waals surface area contributed by atoms with Crippen LogP contribution in [0.15, 0.2) is 23.1 Å². The molecule has 1 amide bonds. The molecule has 0 spiro atoms. The van der Waals surface area contributed by atoms with Crippen molar-refractivity contribution in [3.8, 4) is 0 Å². The Kier molecular flexibility index (Phi) is 6.18. The molecule has 0 atom stereocenters. The van der Waals surface area contributed by atoms with Gasteiger partial charge in [-0.05, 0) is 31.7 Å². The lowest BCUT2D eigenvalue weighted by molar-refractivity contribution is -0.116. The Morgan fingerprint density at radius 2 is 2.11 bits per heavy atom. The lowest BCUT2D eigenvalue weighted by atomic mass is 10.1. The maximum absolute atomic E-state index is 11.2. The second kappa shape index (κ2) is 7.40. The van der Waals surface area contributed by atoms with Crippen LogP contribution in [0, 0.1) is 0 Å². The van der Waals surface area contributed by atoms with Gasteiger partial charge >= 0.3 is 0 Å². The average molecular weight is 281 g/mol. The zero-order valence-corrected chi connectivity index (χ0v) is 12.7. The van der Waals surface area contributed by atoms with E-state index in [0.29, 0.717) is 6.54 Å². The summed E-state index contributed by atoms with van der Waals surface area (Å²) >= 11 is 1.77. The van der Waals surface area contributed by atoms with Crippen molar-refractivity contribution in [2.24, 2.45) is 11.5 Å². The lowest BCUT2D eigenvalue weighted by Gasteiger charge is -2.30. The van der Waals surface area contributed by atoms with E-state index in [9.17, 15) is 4.79 Å². The summed E-state index contributed by atoms with van der Waals surface area (Å²) < 4.78 is 0. The van der Waals surface area contributed by atoms with Crippen LogP contribution >= 0.6 is 11.8 Å². The normalized spacial score (nSPS) is 10.8. The van der Waals surface area contributed by atoms with Crippen molar-refractivity contribution < 1.29 is 4.79 Å². The second-order valence-corrected chi connectivity index (χ2v) is 5.88. The molecule has 0 saturated heterocycles. The molecule has 0 unspecified atom stereocenters. The summed E-state index contributed by atoms with van der Waals surface area (Å²) in [6.07, 6.45) is 0. The number of amides is 1. The summed E-state index contributed by atoms with van der Waals surface area (Å²) in [6.45, 7) is 6.87. The van der Waals surface area contributed by atoms with Gasteiger partial charge in [0, 0.05) is 28.7 Å². The highest BCUT2D eigenvalue weighted by atomic mass is 32.2. The first-order valence-electron chi connectivity index (χ1n) is 6.50. The summed E-state index contributed by atoms with van der Waals surface area (Å²) in [5.74, 6) is 0.665. The molecule has 0 bridgehead atoms. The minimum atomic E-state index is -0.329. The van der Waals surface area contributed by atoms with E-state index >= 15 is 0 Å². The van der Waals surface area contributed by atoms with Crippen molar-refractivity contribution in [1.29, 1.82) is 0 Å². The van der Waals surface area contributed by atoms with E-state index in [2.05, 4.69) is 13.0 Å². The number of thioether (sulfide) groups is 1. The summed E-state index contributed by atoms with van der Waals surface area (Å²) in [6, 6.07) is 6.27. The van der Waals surface area contributed by atoms with Gasteiger partial charge in [-0.3, -0.25) is 4.79 Å². The number of anilines is 1. The zero-order chi connectivity index (χ0) is 14.4. The van der Waals surface area contributed by atoms with Gasteiger partial charge in [0.1, 0.15) is 0 Å². The summed E-state index contributed by atoms with van der Waals surface area (Å²) in [7, 11) is 0. The van der Waals surface area contributed by atoms with E-state index in [4.69, 9.17) is 11.5 Å². The smallest absolute Gasteiger partial charge is 0.236 e. The monoisotopic (exact) mass is 281 g/mol. The molecule has 0 aliphatic rings. The molecule has 0 aliphatic heterocycles. The Morgan fingerprint density at radius 1 is 1.42 bits per heavy atom. The lowest BCUT2D eigenvalue weighted by Crippen LogP contribution is -2.39. The van der Waals surface area contributed by atoms with Crippen LogP contribution in [-0.4, -0.2) is 24.2 Å². The molecule has 0 aromatic heterocycles. The highest BCUT2D eigenvalue weighted by molar-refractivity contribution is 7.99. The Balaban J connectivity index is 3.21. The standard InChI is InChI=1S/C14H23N3OS/c1-4-19-13-7-5-6-12(11(13)8-15)17(10(2)3)9-14(16)18/h5-7,10H,4,8-9,15H2,1-3H3,(H2,16,18). The maximum atomic E-state index is 11.2. The topological polar surface area (TPSA) is 72.3 Å². The van der Waals surface area contributed by atoms with E-state index < -0.39 is 0 Å². The molecule has 19 heavy (non-hydrogen) atoms. The van der Waals surface area contributed by atoms with Crippen molar-refractivity contribution in [2.45, 2.75) is 38.3 Å². The van der Waals surface area contributed by atoms with Crippen LogP contribution in [0.5, 0.6) is 0 Å². The molecule has 4 N–H and O–H groups in total. The Hall–Kier alpha value is -1.20. The number of nitrogens with zero attached hydrogens (tertiary/aromatic N) is 1. The Morgan fingerprint density at radius 3 is 2.58 bits per heavy atom. The quantitative estimate of drug-likeness (QED) is 0.749. The third-order valence-electron chi connectivity index (χ3n) is 2.87. The Labute approximate surface area is 119 Å². The molecule has 0 heterocycles. The van der Waals surface area contributed by atoms with Crippen LogP contribution in [-0.2, 0) is 11.3 Å².